The molecule has 0 aliphatic carbocycles. The number of aliphatic carboxylic acids is 1. The Morgan fingerprint density at radius 2 is 1.95 bits per heavy atom. The third-order valence-corrected chi connectivity index (χ3v) is 4.58. The number of halogens is 1. The Kier molecular flexibility index (Phi) is 8.77. The Morgan fingerprint density at radius 1 is 1.40 bits per heavy atom. The zero-order valence-electron chi connectivity index (χ0n) is 11.5. The van der Waals surface area contributed by atoms with Gasteiger partial charge in [-0.3, -0.25) is 9.88 Å². The molecule has 0 fully saturated rings. The number of carboxylic acid groups (broad SMARTS) is 1. The molecule has 0 amide bonds. The molecule has 1 N–H and O–H groups in total. The molecule has 0 aliphatic heterocycles. The molecule has 0 aromatic heterocycles. The topological polar surface area (TPSA) is 87.7 Å². The fourth-order valence-corrected chi connectivity index (χ4v) is 2.99. The molecule has 1 atom stereocenters. The summed E-state index contributed by atoms with van der Waals surface area (Å²) in [5.74, 6) is -3.30. The van der Waals surface area contributed by atoms with Gasteiger partial charge in [0.1, 0.15) is 11.6 Å². The second-order valence-corrected chi connectivity index (χ2v) is 5.91. The number of rotatable bonds is 7. The normalized spacial score (nSPS) is 12.6. The average Bonchev–Trinajstić information content (AvgIpc) is 2.40. The molecule has 0 radical (unpaired) electrons. The van der Waals surface area contributed by atoms with E-state index in [-0.39, 0.29) is 35.1 Å². The predicted octanol–water partition coefficient (Wildman–Crippen LogP) is -2.35. The second kappa shape index (κ2) is 8.89. The molecule has 0 aliphatic rings. The maximum absolute atomic E-state index is 13.7. The van der Waals surface area contributed by atoms with Gasteiger partial charge in [-0.15, -0.1) is 0 Å². The molecular formula is C11H14FNNaO5P. The van der Waals surface area contributed by atoms with Crippen LogP contribution in [-0.2, 0) is 18.4 Å². The molecule has 1 rings (SSSR count). The van der Waals surface area contributed by atoms with E-state index in [0.29, 0.717) is 0 Å². The van der Waals surface area contributed by atoms with Crippen molar-refractivity contribution in [3.05, 3.63) is 35.6 Å². The van der Waals surface area contributed by atoms with E-state index >= 15 is 0 Å². The van der Waals surface area contributed by atoms with Gasteiger partial charge in [0.2, 0.25) is 0 Å². The van der Waals surface area contributed by atoms with Crippen molar-refractivity contribution in [2.75, 3.05) is 20.8 Å². The minimum Gasteiger partial charge on any atom is -0.549 e. The standard InChI is InChI=1S/C11H15FNO5P.Na/c1-17-19(16,18-2)11(13-7-10(14)15)8-5-3-4-6-9(8)12;/h3-6,11,13H,7H2,1-2H3,(H,14,15);/q;+1/p-1. The van der Waals surface area contributed by atoms with Gasteiger partial charge in [0.25, 0.3) is 0 Å². The molecule has 1 unspecified atom stereocenters. The van der Waals surface area contributed by atoms with Gasteiger partial charge in [-0.1, -0.05) is 18.2 Å². The van der Waals surface area contributed by atoms with Gasteiger partial charge in [-0.2, -0.15) is 0 Å². The first kappa shape index (κ1) is 19.7. The summed E-state index contributed by atoms with van der Waals surface area (Å²) < 4.78 is 35.6. The van der Waals surface area contributed by atoms with Crippen LogP contribution in [0.1, 0.15) is 11.3 Å². The van der Waals surface area contributed by atoms with Crippen LogP contribution >= 0.6 is 7.60 Å². The molecule has 0 heterocycles. The molecule has 0 saturated heterocycles. The second-order valence-electron chi connectivity index (χ2n) is 3.58. The first-order valence-corrected chi connectivity index (χ1v) is 6.94. The van der Waals surface area contributed by atoms with E-state index in [4.69, 9.17) is 9.05 Å². The summed E-state index contributed by atoms with van der Waals surface area (Å²) in [6, 6.07) is 5.52. The summed E-state index contributed by atoms with van der Waals surface area (Å²) in [5.41, 5.74) is -0.00390. The summed E-state index contributed by atoms with van der Waals surface area (Å²) >= 11 is 0. The summed E-state index contributed by atoms with van der Waals surface area (Å²) in [7, 11) is -1.46. The van der Waals surface area contributed by atoms with Crippen LogP contribution < -0.4 is 40.0 Å². The number of carboxylic acids is 1. The maximum Gasteiger partial charge on any atom is 1.00 e. The minimum absolute atomic E-state index is 0. The average molecular weight is 313 g/mol. The fourth-order valence-electron chi connectivity index (χ4n) is 1.55. The molecule has 1 aromatic carbocycles. The van der Waals surface area contributed by atoms with Crippen molar-refractivity contribution in [3.63, 3.8) is 0 Å². The summed E-state index contributed by atoms with van der Waals surface area (Å²) in [6.45, 7) is -0.615. The van der Waals surface area contributed by atoms with Gasteiger partial charge in [0.05, 0.1) is 5.97 Å². The fraction of sp³-hybridized carbons (Fsp3) is 0.364. The number of benzene rings is 1. The van der Waals surface area contributed by atoms with E-state index in [1.807, 2.05) is 0 Å². The van der Waals surface area contributed by atoms with Crippen molar-refractivity contribution < 1.29 is 57.5 Å². The van der Waals surface area contributed by atoms with Crippen molar-refractivity contribution in [2.45, 2.75) is 5.78 Å². The van der Waals surface area contributed by atoms with Crippen LogP contribution in [0.3, 0.4) is 0 Å². The van der Waals surface area contributed by atoms with Gasteiger partial charge in [-0.05, 0) is 6.07 Å². The molecule has 106 valence electrons. The van der Waals surface area contributed by atoms with Crippen molar-refractivity contribution in [1.29, 1.82) is 0 Å². The van der Waals surface area contributed by atoms with Gasteiger partial charge in [-0.25, -0.2) is 4.39 Å². The Labute approximate surface area is 138 Å². The number of hydrogen-bond donors (Lipinski definition) is 1. The van der Waals surface area contributed by atoms with E-state index < -0.39 is 31.7 Å². The largest absolute Gasteiger partial charge is 1.00 e. The van der Waals surface area contributed by atoms with E-state index in [2.05, 4.69) is 5.32 Å². The van der Waals surface area contributed by atoms with E-state index in [9.17, 15) is 18.9 Å². The quantitative estimate of drug-likeness (QED) is 0.448. The molecule has 1 aromatic rings. The monoisotopic (exact) mass is 313 g/mol. The van der Waals surface area contributed by atoms with Crippen molar-refractivity contribution in [2.24, 2.45) is 0 Å². The first-order chi connectivity index (χ1) is 8.94. The number of hydrogen-bond acceptors (Lipinski definition) is 6. The summed E-state index contributed by atoms with van der Waals surface area (Å²) in [4.78, 5) is 10.5. The number of nitrogens with one attached hydrogen (secondary N) is 1. The van der Waals surface area contributed by atoms with Crippen LogP contribution in [-0.4, -0.2) is 26.7 Å². The van der Waals surface area contributed by atoms with Crippen LogP contribution in [0.15, 0.2) is 24.3 Å². The molecule has 0 bridgehead atoms. The van der Waals surface area contributed by atoms with Crippen LogP contribution in [0.4, 0.5) is 4.39 Å². The smallest absolute Gasteiger partial charge is 0.549 e. The van der Waals surface area contributed by atoms with Crippen molar-refractivity contribution >= 4 is 13.6 Å². The van der Waals surface area contributed by atoms with Gasteiger partial charge >= 0.3 is 37.2 Å². The molecule has 20 heavy (non-hydrogen) atoms. The number of carbonyl (C=O) groups excluding carboxylic acids is 1. The molecular weight excluding hydrogens is 299 g/mol. The zero-order chi connectivity index (χ0) is 14.5. The molecule has 6 nitrogen and oxygen atoms in total. The third kappa shape index (κ3) is 4.93. The Balaban J connectivity index is 0.00000361. The van der Waals surface area contributed by atoms with Gasteiger partial charge in [0, 0.05) is 26.3 Å². The van der Waals surface area contributed by atoms with Crippen LogP contribution in [0.2, 0.25) is 0 Å². The molecule has 9 heteroatoms. The summed E-state index contributed by atoms with van der Waals surface area (Å²) in [5, 5.41) is 12.9. The predicted molar refractivity (Wildman–Crippen MR) is 63.8 cm³/mol. The van der Waals surface area contributed by atoms with Gasteiger partial charge < -0.3 is 18.9 Å². The minimum atomic E-state index is -3.74. The SMILES string of the molecule is COP(=O)(OC)C(NCC(=O)[O-])c1ccccc1F.[Na+]. The van der Waals surface area contributed by atoms with Crippen molar-refractivity contribution in [3.8, 4) is 0 Å². The van der Waals surface area contributed by atoms with Crippen LogP contribution in [0, 0.1) is 5.82 Å². The van der Waals surface area contributed by atoms with Crippen molar-refractivity contribution in [1.82, 2.24) is 5.32 Å². The molecule has 0 spiro atoms. The van der Waals surface area contributed by atoms with Crippen LogP contribution in [0.25, 0.3) is 0 Å². The number of carbonyl (C=O) groups is 1. The Bertz CT molecular complexity index is 493. The third-order valence-electron chi connectivity index (χ3n) is 2.46. The Morgan fingerprint density at radius 3 is 2.40 bits per heavy atom. The maximum atomic E-state index is 13.7. The van der Waals surface area contributed by atoms with Gasteiger partial charge in [0.15, 0.2) is 0 Å². The Hall–Kier alpha value is -0.270. The van der Waals surface area contributed by atoms with E-state index in [0.717, 1.165) is 14.2 Å². The first-order valence-electron chi connectivity index (χ1n) is 5.33. The van der Waals surface area contributed by atoms with E-state index in [1.54, 1.807) is 0 Å². The van der Waals surface area contributed by atoms with E-state index in [1.165, 1.54) is 24.3 Å². The molecule has 0 saturated carbocycles. The summed E-state index contributed by atoms with van der Waals surface area (Å²) in [6.07, 6.45) is 0. The van der Waals surface area contributed by atoms with Crippen LogP contribution in [0.5, 0.6) is 0 Å². The zero-order valence-corrected chi connectivity index (χ0v) is 14.4.